The zero-order valence-electron chi connectivity index (χ0n) is 11.4. The highest BCUT2D eigenvalue weighted by molar-refractivity contribution is 5.96. The van der Waals surface area contributed by atoms with Crippen LogP contribution in [0.15, 0.2) is 24.3 Å². The number of hydrogen-bond acceptors (Lipinski definition) is 2. The summed E-state index contributed by atoms with van der Waals surface area (Å²) in [7, 11) is 0. The van der Waals surface area contributed by atoms with Gasteiger partial charge in [0, 0.05) is 24.6 Å². The Bertz CT molecular complexity index is 442. The predicted octanol–water partition coefficient (Wildman–Crippen LogP) is 2.01. The Kier molecular flexibility index (Phi) is 3.44. The van der Waals surface area contributed by atoms with Crippen molar-refractivity contribution in [1.29, 1.82) is 0 Å². The molecule has 0 saturated carbocycles. The van der Waals surface area contributed by atoms with Crippen LogP contribution >= 0.6 is 0 Å². The molecule has 0 aromatic heterocycles. The Morgan fingerprint density at radius 2 is 1.94 bits per heavy atom. The van der Waals surface area contributed by atoms with Gasteiger partial charge in [0.1, 0.15) is 0 Å². The van der Waals surface area contributed by atoms with E-state index in [1.54, 1.807) is 0 Å². The van der Waals surface area contributed by atoms with Gasteiger partial charge in [-0.15, -0.1) is 0 Å². The quantitative estimate of drug-likeness (QED) is 0.867. The molecule has 1 saturated heterocycles. The molecule has 1 amide bonds. The first-order valence-electron chi connectivity index (χ1n) is 6.52. The van der Waals surface area contributed by atoms with Crippen molar-refractivity contribution < 1.29 is 4.79 Å². The number of nitrogens with two attached hydrogens (primary N) is 1. The first-order chi connectivity index (χ1) is 8.43. The minimum atomic E-state index is -0.00953. The molecule has 0 aliphatic carbocycles. The lowest BCUT2D eigenvalue weighted by molar-refractivity contribution is 0.0513. The van der Waals surface area contributed by atoms with Crippen LogP contribution in [0.25, 0.3) is 0 Å². The fourth-order valence-electron chi connectivity index (χ4n) is 2.38. The lowest BCUT2D eigenvalue weighted by Crippen LogP contribution is -2.52. The molecular weight excluding hydrogens is 224 g/mol. The van der Waals surface area contributed by atoms with Crippen molar-refractivity contribution in [3.8, 4) is 0 Å². The number of benzene rings is 1. The van der Waals surface area contributed by atoms with E-state index < -0.39 is 0 Å². The lowest BCUT2D eigenvalue weighted by Gasteiger charge is -2.39. The highest BCUT2D eigenvalue weighted by atomic mass is 16.2. The van der Waals surface area contributed by atoms with E-state index in [0.29, 0.717) is 12.5 Å². The van der Waals surface area contributed by atoms with Crippen LogP contribution in [0.1, 0.15) is 36.7 Å². The fourth-order valence-corrected chi connectivity index (χ4v) is 2.38. The van der Waals surface area contributed by atoms with E-state index in [2.05, 4.69) is 20.8 Å². The molecule has 1 aliphatic heterocycles. The molecule has 0 unspecified atom stereocenters. The van der Waals surface area contributed by atoms with Crippen LogP contribution < -0.4 is 5.73 Å². The van der Waals surface area contributed by atoms with E-state index in [1.165, 1.54) is 0 Å². The van der Waals surface area contributed by atoms with Crippen LogP contribution in [-0.2, 0) is 5.41 Å². The number of nitrogens with zero attached hydrogens (tertiary/aromatic N) is 1. The number of likely N-dealkylation sites (tertiary alicyclic amines) is 1. The van der Waals surface area contributed by atoms with Crippen LogP contribution in [-0.4, -0.2) is 30.4 Å². The van der Waals surface area contributed by atoms with E-state index in [-0.39, 0.29) is 11.3 Å². The molecule has 1 aromatic rings. The lowest BCUT2D eigenvalue weighted by atomic mass is 9.83. The van der Waals surface area contributed by atoms with Gasteiger partial charge in [-0.3, -0.25) is 4.79 Å². The summed E-state index contributed by atoms with van der Waals surface area (Å²) in [6.45, 7) is 8.68. The standard InChI is InChI=1S/C15H22N2O/c1-15(2,3)13-7-5-4-6-12(13)14(18)17-9-11(8-16)10-17/h4-7,11H,8-10,16H2,1-3H3. The van der Waals surface area contributed by atoms with Crippen LogP contribution in [0.5, 0.6) is 0 Å². The molecule has 18 heavy (non-hydrogen) atoms. The number of hydrogen-bond donors (Lipinski definition) is 1. The smallest absolute Gasteiger partial charge is 0.254 e. The largest absolute Gasteiger partial charge is 0.338 e. The highest BCUT2D eigenvalue weighted by Crippen LogP contribution is 2.28. The van der Waals surface area contributed by atoms with E-state index in [4.69, 9.17) is 5.73 Å². The summed E-state index contributed by atoms with van der Waals surface area (Å²) < 4.78 is 0. The van der Waals surface area contributed by atoms with Crippen molar-refractivity contribution in [3.05, 3.63) is 35.4 Å². The molecule has 1 fully saturated rings. The van der Waals surface area contributed by atoms with Crippen molar-refractivity contribution in [1.82, 2.24) is 4.90 Å². The second kappa shape index (κ2) is 4.73. The van der Waals surface area contributed by atoms with Crippen molar-refractivity contribution in [2.75, 3.05) is 19.6 Å². The van der Waals surface area contributed by atoms with Crippen LogP contribution in [0.2, 0.25) is 0 Å². The van der Waals surface area contributed by atoms with Gasteiger partial charge in [0.25, 0.3) is 5.91 Å². The van der Waals surface area contributed by atoms with Gasteiger partial charge in [-0.25, -0.2) is 0 Å². The maximum atomic E-state index is 12.4. The summed E-state index contributed by atoms with van der Waals surface area (Å²) in [5.74, 6) is 0.626. The summed E-state index contributed by atoms with van der Waals surface area (Å²) in [5.41, 5.74) is 7.54. The summed E-state index contributed by atoms with van der Waals surface area (Å²) >= 11 is 0. The normalized spacial score (nSPS) is 16.6. The van der Waals surface area contributed by atoms with Gasteiger partial charge < -0.3 is 10.6 Å². The minimum absolute atomic E-state index is 0.00953. The second-order valence-electron chi connectivity index (χ2n) is 6.11. The van der Waals surface area contributed by atoms with E-state index in [1.807, 2.05) is 29.2 Å². The molecule has 1 aromatic carbocycles. The maximum Gasteiger partial charge on any atom is 0.254 e. The average molecular weight is 246 g/mol. The molecule has 2 N–H and O–H groups in total. The van der Waals surface area contributed by atoms with Gasteiger partial charge >= 0.3 is 0 Å². The zero-order valence-corrected chi connectivity index (χ0v) is 11.4. The van der Waals surface area contributed by atoms with Gasteiger partial charge in [0.15, 0.2) is 0 Å². The third-order valence-electron chi connectivity index (χ3n) is 3.54. The minimum Gasteiger partial charge on any atom is -0.338 e. The molecule has 98 valence electrons. The van der Waals surface area contributed by atoms with Crippen molar-refractivity contribution in [2.24, 2.45) is 11.7 Å². The first-order valence-corrected chi connectivity index (χ1v) is 6.52. The van der Waals surface area contributed by atoms with Crippen molar-refractivity contribution in [3.63, 3.8) is 0 Å². The van der Waals surface area contributed by atoms with Gasteiger partial charge in [0.2, 0.25) is 0 Å². The fraction of sp³-hybridized carbons (Fsp3) is 0.533. The summed E-state index contributed by atoms with van der Waals surface area (Å²) in [5, 5.41) is 0. The predicted molar refractivity (Wildman–Crippen MR) is 73.6 cm³/mol. The van der Waals surface area contributed by atoms with Crippen LogP contribution in [0.4, 0.5) is 0 Å². The number of carbonyl (C=O) groups excluding carboxylic acids is 1. The van der Waals surface area contributed by atoms with E-state index in [9.17, 15) is 4.79 Å². The van der Waals surface area contributed by atoms with Gasteiger partial charge in [0.05, 0.1) is 0 Å². The Hall–Kier alpha value is -1.35. The summed E-state index contributed by atoms with van der Waals surface area (Å²) in [4.78, 5) is 14.3. The van der Waals surface area contributed by atoms with Crippen molar-refractivity contribution >= 4 is 5.91 Å². The van der Waals surface area contributed by atoms with E-state index >= 15 is 0 Å². The number of rotatable bonds is 2. The molecule has 0 radical (unpaired) electrons. The number of carbonyl (C=O) groups is 1. The number of amides is 1. The van der Waals surface area contributed by atoms with Gasteiger partial charge in [-0.2, -0.15) is 0 Å². The summed E-state index contributed by atoms with van der Waals surface area (Å²) in [6.07, 6.45) is 0. The third-order valence-corrected chi connectivity index (χ3v) is 3.54. The third kappa shape index (κ3) is 2.41. The van der Waals surface area contributed by atoms with E-state index in [0.717, 1.165) is 24.2 Å². The SMILES string of the molecule is CC(C)(C)c1ccccc1C(=O)N1CC(CN)C1. The summed E-state index contributed by atoms with van der Waals surface area (Å²) in [6, 6.07) is 7.91. The molecule has 1 aliphatic rings. The van der Waals surface area contributed by atoms with Gasteiger partial charge in [-0.1, -0.05) is 39.0 Å². The molecular formula is C15H22N2O. The molecule has 0 bridgehead atoms. The average Bonchev–Trinajstić information content (AvgIpc) is 2.26. The Morgan fingerprint density at radius 3 is 2.50 bits per heavy atom. The Morgan fingerprint density at radius 1 is 1.33 bits per heavy atom. The highest BCUT2D eigenvalue weighted by Gasteiger charge is 2.32. The Balaban J connectivity index is 2.21. The second-order valence-corrected chi connectivity index (χ2v) is 6.11. The van der Waals surface area contributed by atoms with Gasteiger partial charge in [-0.05, 0) is 23.6 Å². The molecule has 2 rings (SSSR count). The maximum absolute atomic E-state index is 12.4. The molecule has 0 atom stereocenters. The molecule has 1 heterocycles. The van der Waals surface area contributed by atoms with Crippen LogP contribution in [0.3, 0.4) is 0 Å². The molecule has 0 spiro atoms. The topological polar surface area (TPSA) is 46.3 Å². The van der Waals surface area contributed by atoms with Crippen LogP contribution in [0, 0.1) is 5.92 Å². The zero-order chi connectivity index (χ0) is 13.3. The monoisotopic (exact) mass is 246 g/mol. The van der Waals surface area contributed by atoms with Crippen molar-refractivity contribution in [2.45, 2.75) is 26.2 Å². The molecule has 3 heteroatoms. The molecule has 3 nitrogen and oxygen atoms in total. The Labute approximate surface area is 109 Å². The first kappa shape index (κ1) is 13.1.